The summed E-state index contributed by atoms with van der Waals surface area (Å²) in [5.74, 6) is -0.367. The number of anilines is 1. The topological polar surface area (TPSA) is 66.5 Å². The van der Waals surface area contributed by atoms with Gasteiger partial charge in [0.25, 0.3) is 5.91 Å². The van der Waals surface area contributed by atoms with E-state index in [0.717, 1.165) is 6.42 Å². The number of benzene rings is 1. The van der Waals surface area contributed by atoms with E-state index in [2.05, 4.69) is 17.5 Å². The van der Waals surface area contributed by atoms with Crippen LogP contribution in [0.5, 0.6) is 0 Å². The minimum absolute atomic E-state index is 0.0984. The summed E-state index contributed by atoms with van der Waals surface area (Å²) in [7, 11) is 0. The Bertz CT molecular complexity index is 758. The van der Waals surface area contributed by atoms with Crippen molar-refractivity contribution in [2.45, 2.75) is 32.7 Å². The number of fused-ring (bicyclic) bond motifs is 5. The fraction of sp³-hybridized carbons (Fsp3) is 0.450. The molecule has 1 aromatic rings. The lowest BCUT2D eigenvalue weighted by Crippen LogP contribution is -2.40. The van der Waals surface area contributed by atoms with Gasteiger partial charge in [0.15, 0.2) is 0 Å². The average molecular weight is 338 g/mol. The van der Waals surface area contributed by atoms with Gasteiger partial charge in [0.05, 0.1) is 17.5 Å². The largest absolute Gasteiger partial charge is 0.347 e. The number of hydrogen-bond donors (Lipinski definition) is 1. The molecule has 2 aliphatic carbocycles. The molecule has 3 amide bonds. The predicted molar refractivity (Wildman–Crippen MR) is 93.9 cm³/mol. The number of carbonyl (C=O) groups is 3. The summed E-state index contributed by atoms with van der Waals surface area (Å²) < 4.78 is 0. The lowest BCUT2D eigenvalue weighted by atomic mass is 9.85. The zero-order valence-electron chi connectivity index (χ0n) is 14.7. The molecule has 3 aliphatic rings. The Morgan fingerprint density at radius 2 is 1.52 bits per heavy atom. The first-order chi connectivity index (χ1) is 11.8. The van der Waals surface area contributed by atoms with Gasteiger partial charge >= 0.3 is 0 Å². The number of imide groups is 1. The lowest BCUT2D eigenvalue weighted by Gasteiger charge is -2.21. The maximum absolute atomic E-state index is 12.8. The number of nitrogens with zero attached hydrogens (tertiary/aromatic N) is 1. The van der Waals surface area contributed by atoms with Gasteiger partial charge < -0.3 is 5.32 Å². The van der Waals surface area contributed by atoms with Crippen LogP contribution in [-0.2, 0) is 9.59 Å². The van der Waals surface area contributed by atoms with Gasteiger partial charge in [-0.1, -0.05) is 12.2 Å². The van der Waals surface area contributed by atoms with Crippen LogP contribution in [0, 0.1) is 23.7 Å². The molecule has 2 fully saturated rings. The Hall–Kier alpha value is -2.43. The van der Waals surface area contributed by atoms with Gasteiger partial charge in [-0.15, -0.1) is 0 Å². The summed E-state index contributed by atoms with van der Waals surface area (Å²) in [6, 6.07) is 6.70. The Morgan fingerprint density at radius 1 is 1.00 bits per heavy atom. The molecule has 5 nitrogen and oxygen atoms in total. The van der Waals surface area contributed by atoms with Crippen molar-refractivity contribution in [1.29, 1.82) is 0 Å². The number of hydrogen-bond acceptors (Lipinski definition) is 3. The Morgan fingerprint density at radius 3 is 2.00 bits per heavy atom. The zero-order chi connectivity index (χ0) is 17.9. The standard InChI is InChI=1S/C20H22N2O3/c1-20(2,3)21-17(23)11-6-8-14(9-7-11)22-18(24)15-12-4-5-13(10-12)16(15)19(22)25/h4-9,12-13,15-16H,10H2,1-3H3,(H,21,23)/t12-,13-,15+,16+/m1/s1. The molecule has 0 unspecified atom stereocenters. The maximum Gasteiger partial charge on any atom is 0.251 e. The molecule has 4 atom stereocenters. The molecular weight excluding hydrogens is 316 g/mol. The van der Waals surface area contributed by atoms with E-state index in [-0.39, 0.29) is 46.9 Å². The molecule has 1 aromatic carbocycles. The van der Waals surface area contributed by atoms with Gasteiger partial charge in [0, 0.05) is 11.1 Å². The van der Waals surface area contributed by atoms with Gasteiger partial charge in [-0.2, -0.15) is 0 Å². The van der Waals surface area contributed by atoms with Crippen molar-refractivity contribution in [3.05, 3.63) is 42.0 Å². The number of rotatable bonds is 2. The second-order valence-corrected chi connectivity index (χ2v) is 8.26. The van der Waals surface area contributed by atoms with Crippen LogP contribution in [0.15, 0.2) is 36.4 Å². The van der Waals surface area contributed by atoms with E-state index in [9.17, 15) is 14.4 Å². The summed E-state index contributed by atoms with van der Waals surface area (Å²) in [5, 5.41) is 2.90. The Kier molecular flexibility index (Phi) is 3.39. The summed E-state index contributed by atoms with van der Waals surface area (Å²) in [6.07, 6.45) is 5.09. The summed E-state index contributed by atoms with van der Waals surface area (Å²) in [6.45, 7) is 5.76. The highest BCUT2D eigenvalue weighted by atomic mass is 16.2. The van der Waals surface area contributed by atoms with E-state index < -0.39 is 0 Å². The maximum atomic E-state index is 12.8. The Balaban J connectivity index is 1.56. The minimum Gasteiger partial charge on any atom is -0.347 e. The van der Waals surface area contributed by atoms with E-state index in [1.807, 2.05) is 20.8 Å². The van der Waals surface area contributed by atoms with Crippen molar-refractivity contribution >= 4 is 23.4 Å². The van der Waals surface area contributed by atoms with Crippen molar-refractivity contribution in [2.75, 3.05) is 4.90 Å². The number of nitrogens with one attached hydrogen (secondary N) is 1. The molecule has 1 heterocycles. The quantitative estimate of drug-likeness (QED) is 0.666. The van der Waals surface area contributed by atoms with Crippen molar-refractivity contribution in [1.82, 2.24) is 5.32 Å². The molecule has 4 rings (SSSR count). The van der Waals surface area contributed by atoms with Gasteiger partial charge in [0.2, 0.25) is 11.8 Å². The molecule has 5 heteroatoms. The van der Waals surface area contributed by atoms with E-state index >= 15 is 0 Å². The fourth-order valence-electron chi connectivity index (χ4n) is 4.33. The van der Waals surface area contributed by atoms with Gasteiger partial charge in [-0.25, -0.2) is 0 Å². The molecule has 1 saturated carbocycles. The van der Waals surface area contributed by atoms with Crippen molar-refractivity contribution < 1.29 is 14.4 Å². The molecular formula is C20H22N2O3. The van der Waals surface area contributed by atoms with Gasteiger partial charge in [0.1, 0.15) is 0 Å². The third kappa shape index (κ3) is 2.49. The fourth-order valence-corrected chi connectivity index (χ4v) is 4.33. The minimum atomic E-state index is -0.319. The second-order valence-electron chi connectivity index (χ2n) is 8.26. The van der Waals surface area contributed by atoms with Crippen molar-refractivity contribution in [2.24, 2.45) is 23.7 Å². The van der Waals surface area contributed by atoms with Crippen LogP contribution in [0.2, 0.25) is 0 Å². The molecule has 0 aromatic heterocycles. The monoisotopic (exact) mass is 338 g/mol. The molecule has 25 heavy (non-hydrogen) atoms. The summed E-state index contributed by atoms with van der Waals surface area (Å²) >= 11 is 0. The van der Waals surface area contributed by atoms with Crippen LogP contribution < -0.4 is 10.2 Å². The molecule has 130 valence electrons. The number of allylic oxidation sites excluding steroid dienone is 2. The van der Waals surface area contributed by atoms with Crippen LogP contribution in [-0.4, -0.2) is 23.3 Å². The normalized spacial score (nSPS) is 30.1. The molecule has 1 saturated heterocycles. The van der Waals surface area contributed by atoms with E-state index in [0.29, 0.717) is 11.3 Å². The molecule has 1 aliphatic heterocycles. The van der Waals surface area contributed by atoms with Gasteiger partial charge in [-0.05, 0) is 63.3 Å². The number of carbonyl (C=O) groups excluding carboxylic acids is 3. The molecule has 0 spiro atoms. The summed E-state index contributed by atoms with van der Waals surface area (Å²) in [5.41, 5.74) is 0.746. The van der Waals surface area contributed by atoms with E-state index in [4.69, 9.17) is 0 Å². The van der Waals surface area contributed by atoms with E-state index in [1.165, 1.54) is 4.90 Å². The average Bonchev–Trinajstić information content (AvgIpc) is 3.20. The summed E-state index contributed by atoms with van der Waals surface area (Å²) in [4.78, 5) is 39.1. The smallest absolute Gasteiger partial charge is 0.251 e. The number of amides is 3. The predicted octanol–water partition coefficient (Wildman–Crippen LogP) is 2.53. The highest BCUT2D eigenvalue weighted by molar-refractivity contribution is 6.22. The van der Waals surface area contributed by atoms with Crippen LogP contribution in [0.1, 0.15) is 37.6 Å². The van der Waals surface area contributed by atoms with Crippen LogP contribution in [0.3, 0.4) is 0 Å². The lowest BCUT2D eigenvalue weighted by molar-refractivity contribution is -0.123. The van der Waals surface area contributed by atoms with Crippen LogP contribution in [0.4, 0.5) is 5.69 Å². The highest BCUT2D eigenvalue weighted by Crippen LogP contribution is 2.53. The van der Waals surface area contributed by atoms with Crippen LogP contribution >= 0.6 is 0 Å². The molecule has 0 radical (unpaired) electrons. The third-order valence-corrected chi connectivity index (χ3v) is 5.35. The highest BCUT2D eigenvalue weighted by Gasteiger charge is 2.59. The zero-order valence-corrected chi connectivity index (χ0v) is 14.7. The SMILES string of the molecule is CC(C)(C)NC(=O)c1ccc(N2C(=O)[C@@H]3[C@@H](C2=O)[C@@H]2C=C[C@@H]3C2)cc1. The van der Waals surface area contributed by atoms with E-state index in [1.54, 1.807) is 24.3 Å². The van der Waals surface area contributed by atoms with Crippen molar-refractivity contribution in [3.8, 4) is 0 Å². The van der Waals surface area contributed by atoms with Gasteiger partial charge in [-0.3, -0.25) is 19.3 Å². The molecule has 1 N–H and O–H groups in total. The first-order valence-electron chi connectivity index (χ1n) is 8.75. The van der Waals surface area contributed by atoms with Crippen molar-refractivity contribution in [3.63, 3.8) is 0 Å². The van der Waals surface area contributed by atoms with Crippen LogP contribution in [0.25, 0.3) is 0 Å². The first-order valence-corrected chi connectivity index (χ1v) is 8.75. The Labute approximate surface area is 147 Å². The first kappa shape index (κ1) is 16.1. The second kappa shape index (κ2) is 5.28. The third-order valence-electron chi connectivity index (χ3n) is 5.35. The molecule has 2 bridgehead atoms.